The predicted molar refractivity (Wildman–Crippen MR) is 79.0 cm³/mol. The van der Waals surface area contributed by atoms with Gasteiger partial charge in [0.15, 0.2) is 0 Å². The smallest absolute Gasteiger partial charge is 0.267 e. The van der Waals surface area contributed by atoms with Crippen molar-refractivity contribution in [2.24, 2.45) is 22.9 Å². The van der Waals surface area contributed by atoms with Gasteiger partial charge in [0.05, 0.1) is 5.56 Å². The van der Waals surface area contributed by atoms with E-state index in [1.54, 1.807) is 6.07 Å². The van der Waals surface area contributed by atoms with Crippen molar-refractivity contribution in [1.29, 1.82) is 0 Å². The maximum atomic E-state index is 11.9. The van der Waals surface area contributed by atoms with Gasteiger partial charge in [0.1, 0.15) is 0 Å². The van der Waals surface area contributed by atoms with Gasteiger partial charge in [0, 0.05) is 10.7 Å². The largest absolute Gasteiger partial charge is 0.272 e. The van der Waals surface area contributed by atoms with E-state index in [0.717, 1.165) is 16.3 Å². The average Bonchev–Trinajstić information content (AvgIpc) is 3.01. The van der Waals surface area contributed by atoms with Crippen LogP contribution in [0, 0.1) is 17.8 Å². The van der Waals surface area contributed by atoms with Crippen LogP contribution in [0.4, 0.5) is 0 Å². The first-order valence-corrected chi connectivity index (χ1v) is 7.61. The molecule has 1 aromatic rings. The fourth-order valence-corrected chi connectivity index (χ4v) is 3.84. The van der Waals surface area contributed by atoms with Gasteiger partial charge in [-0.1, -0.05) is 18.6 Å². The molecule has 0 spiro atoms. The number of amides is 1. The second-order valence-electron chi connectivity index (χ2n) is 5.54. The van der Waals surface area contributed by atoms with Gasteiger partial charge in [-0.2, -0.15) is 5.10 Å². The van der Waals surface area contributed by atoms with E-state index in [9.17, 15) is 4.79 Å². The fourth-order valence-electron chi connectivity index (χ4n) is 3.37. The normalized spacial score (nSPS) is 29.0. The Bertz CT molecular complexity index is 515. The molecule has 2 fully saturated rings. The molecule has 3 nitrogen and oxygen atoms in total. The maximum Gasteiger partial charge on any atom is 0.272 e. The Morgan fingerprint density at radius 1 is 1.32 bits per heavy atom. The monoisotopic (exact) mass is 320 g/mol. The number of carbonyl (C=O) groups excluding carboxylic acids is 1. The second kappa shape index (κ2) is 5.45. The molecule has 0 aromatic heterocycles. The zero-order chi connectivity index (χ0) is 13.2. The number of nitrogens with one attached hydrogen (secondary N) is 1. The van der Waals surface area contributed by atoms with Crippen LogP contribution in [0.3, 0.4) is 0 Å². The minimum absolute atomic E-state index is 0.160. The lowest BCUT2D eigenvalue weighted by Gasteiger charge is -2.16. The van der Waals surface area contributed by atoms with Crippen LogP contribution < -0.4 is 5.43 Å². The Kier molecular flexibility index (Phi) is 3.69. The molecule has 1 amide bonds. The van der Waals surface area contributed by atoms with Crippen LogP contribution in [0.2, 0.25) is 0 Å². The molecule has 3 atom stereocenters. The Balaban J connectivity index is 1.58. The van der Waals surface area contributed by atoms with Gasteiger partial charge in [-0.05, 0) is 65.1 Å². The first-order chi connectivity index (χ1) is 9.24. The van der Waals surface area contributed by atoms with Crippen LogP contribution in [-0.2, 0) is 0 Å². The summed E-state index contributed by atoms with van der Waals surface area (Å²) in [5.74, 6) is 2.11. The SMILES string of the molecule is O=C(N/N=C/C1CC2CCC1C2)c1ccccc1Br. The molecule has 3 unspecified atom stereocenters. The fraction of sp³-hybridized carbons (Fsp3) is 0.467. The molecular weight excluding hydrogens is 304 g/mol. The zero-order valence-electron chi connectivity index (χ0n) is 10.7. The van der Waals surface area contributed by atoms with Crippen molar-refractivity contribution >= 4 is 28.1 Å². The molecule has 100 valence electrons. The molecule has 2 aliphatic carbocycles. The van der Waals surface area contributed by atoms with E-state index in [0.29, 0.717) is 11.5 Å². The molecule has 19 heavy (non-hydrogen) atoms. The third kappa shape index (κ3) is 2.73. The van der Waals surface area contributed by atoms with Gasteiger partial charge < -0.3 is 0 Å². The molecule has 0 radical (unpaired) electrons. The summed E-state index contributed by atoms with van der Waals surface area (Å²) >= 11 is 3.37. The number of carbonyl (C=O) groups is 1. The van der Waals surface area contributed by atoms with Crippen LogP contribution in [0.15, 0.2) is 33.8 Å². The van der Waals surface area contributed by atoms with Crippen molar-refractivity contribution in [3.8, 4) is 0 Å². The molecule has 0 heterocycles. The highest BCUT2D eigenvalue weighted by Gasteiger charge is 2.38. The van der Waals surface area contributed by atoms with E-state index in [4.69, 9.17) is 0 Å². The summed E-state index contributed by atoms with van der Waals surface area (Å²) in [5, 5.41) is 4.14. The average molecular weight is 321 g/mol. The molecule has 1 aromatic carbocycles. The molecule has 0 aliphatic heterocycles. The number of hydrogen-bond acceptors (Lipinski definition) is 2. The number of halogens is 1. The van der Waals surface area contributed by atoms with Crippen molar-refractivity contribution in [2.45, 2.75) is 25.7 Å². The first-order valence-electron chi connectivity index (χ1n) is 6.82. The Labute approximate surface area is 121 Å². The summed E-state index contributed by atoms with van der Waals surface area (Å²) in [6.07, 6.45) is 7.27. The van der Waals surface area contributed by atoms with Crippen molar-refractivity contribution < 1.29 is 4.79 Å². The molecular formula is C15H17BrN2O. The second-order valence-corrected chi connectivity index (χ2v) is 6.39. The molecule has 3 rings (SSSR count). The number of benzene rings is 1. The summed E-state index contributed by atoms with van der Waals surface area (Å²) in [4.78, 5) is 11.9. The number of fused-ring (bicyclic) bond motifs is 2. The van der Waals surface area contributed by atoms with Crippen LogP contribution >= 0.6 is 15.9 Å². The first kappa shape index (κ1) is 12.9. The predicted octanol–water partition coefficient (Wildman–Crippen LogP) is 3.60. The minimum atomic E-state index is -0.160. The van der Waals surface area contributed by atoms with Crippen LogP contribution in [-0.4, -0.2) is 12.1 Å². The lowest BCUT2D eigenvalue weighted by Crippen LogP contribution is -2.20. The number of hydrogen-bond donors (Lipinski definition) is 1. The Morgan fingerprint density at radius 2 is 2.16 bits per heavy atom. The van der Waals surface area contributed by atoms with Gasteiger partial charge >= 0.3 is 0 Å². The summed E-state index contributed by atoms with van der Waals surface area (Å²) < 4.78 is 0.794. The summed E-state index contributed by atoms with van der Waals surface area (Å²) in [5.41, 5.74) is 3.24. The van der Waals surface area contributed by atoms with E-state index in [-0.39, 0.29) is 5.91 Å². The highest BCUT2D eigenvalue weighted by Crippen LogP contribution is 2.47. The summed E-state index contributed by atoms with van der Waals surface area (Å²) in [7, 11) is 0. The number of nitrogens with zero attached hydrogens (tertiary/aromatic N) is 1. The molecule has 0 saturated heterocycles. The van der Waals surface area contributed by atoms with E-state index in [2.05, 4.69) is 26.5 Å². The molecule has 2 bridgehead atoms. The van der Waals surface area contributed by atoms with Crippen molar-refractivity contribution in [3.63, 3.8) is 0 Å². The lowest BCUT2D eigenvalue weighted by atomic mass is 9.90. The third-order valence-electron chi connectivity index (χ3n) is 4.34. The summed E-state index contributed by atoms with van der Waals surface area (Å²) in [6.45, 7) is 0. The Hall–Kier alpha value is -1.16. The zero-order valence-corrected chi connectivity index (χ0v) is 12.3. The van der Waals surface area contributed by atoms with Crippen LogP contribution in [0.25, 0.3) is 0 Å². The van der Waals surface area contributed by atoms with Gasteiger partial charge in [-0.25, -0.2) is 5.43 Å². The van der Waals surface area contributed by atoms with E-state index in [1.165, 1.54) is 25.7 Å². The van der Waals surface area contributed by atoms with Crippen LogP contribution in [0.1, 0.15) is 36.0 Å². The minimum Gasteiger partial charge on any atom is -0.267 e. The van der Waals surface area contributed by atoms with Gasteiger partial charge in [0.2, 0.25) is 0 Å². The molecule has 2 aliphatic rings. The molecule has 2 saturated carbocycles. The van der Waals surface area contributed by atoms with Crippen LogP contribution in [0.5, 0.6) is 0 Å². The highest BCUT2D eigenvalue weighted by molar-refractivity contribution is 9.10. The van der Waals surface area contributed by atoms with Gasteiger partial charge in [0.25, 0.3) is 5.91 Å². The van der Waals surface area contributed by atoms with E-state index >= 15 is 0 Å². The topological polar surface area (TPSA) is 41.5 Å². The quantitative estimate of drug-likeness (QED) is 0.671. The van der Waals surface area contributed by atoms with Crippen molar-refractivity contribution in [1.82, 2.24) is 5.43 Å². The Morgan fingerprint density at radius 3 is 2.84 bits per heavy atom. The summed E-state index contributed by atoms with van der Waals surface area (Å²) in [6, 6.07) is 7.37. The number of hydrazone groups is 1. The van der Waals surface area contributed by atoms with E-state index < -0.39 is 0 Å². The standard InChI is InChI=1S/C15H17BrN2O/c16-14-4-2-1-3-13(14)15(19)18-17-9-12-8-10-5-6-11(12)7-10/h1-4,9-12H,5-8H2,(H,18,19)/b17-9+. The van der Waals surface area contributed by atoms with Crippen molar-refractivity contribution in [2.75, 3.05) is 0 Å². The van der Waals surface area contributed by atoms with Gasteiger partial charge in [-0.3, -0.25) is 4.79 Å². The maximum absolute atomic E-state index is 11.9. The molecule has 1 N–H and O–H groups in total. The molecule has 4 heteroatoms. The third-order valence-corrected chi connectivity index (χ3v) is 5.03. The highest BCUT2D eigenvalue weighted by atomic mass is 79.9. The lowest BCUT2D eigenvalue weighted by molar-refractivity contribution is 0.0954. The van der Waals surface area contributed by atoms with E-state index in [1.807, 2.05) is 24.4 Å². The van der Waals surface area contributed by atoms with Gasteiger partial charge in [-0.15, -0.1) is 0 Å². The number of rotatable bonds is 3. The van der Waals surface area contributed by atoms with Crippen molar-refractivity contribution in [3.05, 3.63) is 34.3 Å².